The van der Waals surface area contributed by atoms with Crippen molar-refractivity contribution in [3.8, 4) is 0 Å². The molecule has 0 aromatic carbocycles. The lowest BCUT2D eigenvalue weighted by atomic mass is 10.1. The predicted molar refractivity (Wildman–Crippen MR) is 83.0 cm³/mol. The fourth-order valence-corrected chi connectivity index (χ4v) is 4.20. The summed E-state index contributed by atoms with van der Waals surface area (Å²) in [4.78, 5) is 3.99. The van der Waals surface area contributed by atoms with Crippen LogP contribution in [0.15, 0.2) is 15.9 Å². The van der Waals surface area contributed by atoms with Gasteiger partial charge >= 0.3 is 0 Å². The molecule has 2 unspecified atom stereocenters. The normalized spacial score (nSPS) is 19.2. The zero-order valence-electron chi connectivity index (χ0n) is 11.2. The monoisotopic (exact) mass is 330 g/mol. The van der Waals surface area contributed by atoms with Crippen LogP contribution in [0.5, 0.6) is 0 Å². The van der Waals surface area contributed by atoms with Gasteiger partial charge in [0.25, 0.3) is 0 Å². The van der Waals surface area contributed by atoms with E-state index in [1.807, 2.05) is 11.3 Å². The number of nitrogens with two attached hydrogens (primary N) is 1. The molecular weight excluding hydrogens is 308 g/mol. The average Bonchev–Trinajstić information content (AvgIpc) is 3.01. The molecule has 0 spiro atoms. The lowest BCUT2D eigenvalue weighted by molar-refractivity contribution is 0.171. The van der Waals surface area contributed by atoms with Gasteiger partial charge in [-0.15, -0.1) is 11.3 Å². The highest BCUT2D eigenvalue weighted by Crippen LogP contribution is 2.36. The summed E-state index contributed by atoms with van der Waals surface area (Å²) in [5, 5.41) is 0. The van der Waals surface area contributed by atoms with Crippen LogP contribution >= 0.6 is 27.3 Å². The van der Waals surface area contributed by atoms with E-state index in [4.69, 9.17) is 5.73 Å². The maximum Gasteiger partial charge on any atom is 0.0702 e. The highest BCUT2D eigenvalue weighted by atomic mass is 79.9. The molecule has 2 N–H and O–H groups in total. The van der Waals surface area contributed by atoms with Crippen molar-refractivity contribution in [2.75, 3.05) is 13.1 Å². The van der Waals surface area contributed by atoms with Gasteiger partial charge in [-0.1, -0.05) is 6.92 Å². The summed E-state index contributed by atoms with van der Waals surface area (Å²) in [6.45, 7) is 6.75. The summed E-state index contributed by atoms with van der Waals surface area (Å²) in [7, 11) is 0. The molecule has 0 radical (unpaired) electrons. The molecule has 0 saturated heterocycles. The second-order valence-electron chi connectivity index (χ2n) is 5.38. The van der Waals surface area contributed by atoms with Crippen molar-refractivity contribution >= 4 is 27.3 Å². The Bertz CT molecular complexity index is 374. The third-order valence-corrected chi connectivity index (χ3v) is 5.17. The summed E-state index contributed by atoms with van der Waals surface area (Å²) < 4.78 is 1.20. The fraction of sp³-hybridized carbons (Fsp3) is 0.714. The van der Waals surface area contributed by atoms with Gasteiger partial charge in [0.1, 0.15) is 0 Å². The van der Waals surface area contributed by atoms with E-state index in [9.17, 15) is 0 Å². The first-order chi connectivity index (χ1) is 8.61. The number of thiophene rings is 1. The van der Waals surface area contributed by atoms with E-state index in [0.717, 1.165) is 12.5 Å². The number of nitrogens with zero attached hydrogens (tertiary/aromatic N) is 1. The zero-order valence-corrected chi connectivity index (χ0v) is 13.6. The molecule has 1 heterocycles. The SMILES string of the molecule is CCCN(CC1CC1)C(c1ccc(Br)s1)C(C)N. The maximum absolute atomic E-state index is 6.25. The molecule has 102 valence electrons. The molecule has 1 aliphatic rings. The first kappa shape index (κ1) is 14.5. The Morgan fingerprint density at radius 1 is 1.50 bits per heavy atom. The third-order valence-electron chi connectivity index (χ3n) is 3.48. The summed E-state index contributed by atoms with van der Waals surface area (Å²) in [6, 6.07) is 4.91. The van der Waals surface area contributed by atoms with E-state index in [1.165, 1.54) is 34.5 Å². The van der Waals surface area contributed by atoms with E-state index in [2.05, 4.69) is 46.8 Å². The molecule has 1 fully saturated rings. The fourth-order valence-electron chi connectivity index (χ4n) is 2.52. The van der Waals surface area contributed by atoms with Crippen molar-refractivity contribution in [1.29, 1.82) is 0 Å². The Labute approximate surface area is 123 Å². The molecule has 0 amide bonds. The van der Waals surface area contributed by atoms with E-state index in [-0.39, 0.29) is 6.04 Å². The molecule has 0 aliphatic heterocycles. The molecule has 1 aliphatic carbocycles. The largest absolute Gasteiger partial charge is 0.326 e. The van der Waals surface area contributed by atoms with Crippen LogP contribution in [0.4, 0.5) is 0 Å². The van der Waals surface area contributed by atoms with Crippen LogP contribution in [0.3, 0.4) is 0 Å². The highest BCUT2D eigenvalue weighted by Gasteiger charge is 2.30. The van der Waals surface area contributed by atoms with Crippen LogP contribution in [-0.4, -0.2) is 24.0 Å². The van der Waals surface area contributed by atoms with Crippen LogP contribution in [-0.2, 0) is 0 Å². The maximum atomic E-state index is 6.25. The molecule has 1 aromatic heterocycles. The van der Waals surface area contributed by atoms with Gasteiger partial charge in [0.05, 0.1) is 9.83 Å². The van der Waals surface area contributed by atoms with Gasteiger partial charge in [-0.3, -0.25) is 4.90 Å². The molecule has 2 nitrogen and oxygen atoms in total. The summed E-state index contributed by atoms with van der Waals surface area (Å²) in [6.07, 6.45) is 4.00. The zero-order chi connectivity index (χ0) is 13.1. The Morgan fingerprint density at radius 3 is 2.67 bits per heavy atom. The Hall–Kier alpha value is 0.1000. The van der Waals surface area contributed by atoms with E-state index >= 15 is 0 Å². The minimum Gasteiger partial charge on any atom is -0.326 e. The smallest absolute Gasteiger partial charge is 0.0702 e. The topological polar surface area (TPSA) is 29.3 Å². The van der Waals surface area contributed by atoms with Crippen LogP contribution in [0.25, 0.3) is 0 Å². The minimum absolute atomic E-state index is 0.181. The van der Waals surface area contributed by atoms with Crippen molar-refractivity contribution in [1.82, 2.24) is 4.90 Å². The van der Waals surface area contributed by atoms with Crippen molar-refractivity contribution in [3.05, 3.63) is 20.8 Å². The van der Waals surface area contributed by atoms with Gasteiger partial charge < -0.3 is 5.73 Å². The van der Waals surface area contributed by atoms with Crippen LogP contribution in [0.1, 0.15) is 44.0 Å². The van der Waals surface area contributed by atoms with Crippen LogP contribution < -0.4 is 5.73 Å². The summed E-state index contributed by atoms with van der Waals surface area (Å²) in [5.41, 5.74) is 6.25. The van der Waals surface area contributed by atoms with Gasteiger partial charge in [-0.25, -0.2) is 0 Å². The lowest BCUT2D eigenvalue weighted by Crippen LogP contribution is -2.40. The van der Waals surface area contributed by atoms with E-state index in [0.29, 0.717) is 6.04 Å². The molecular formula is C14H23BrN2S. The Balaban J connectivity index is 2.14. The molecule has 1 aromatic rings. The van der Waals surface area contributed by atoms with Gasteiger partial charge in [0, 0.05) is 17.5 Å². The van der Waals surface area contributed by atoms with Crippen LogP contribution in [0, 0.1) is 5.92 Å². The first-order valence-corrected chi connectivity index (χ1v) is 8.47. The Kier molecular flexibility index (Phi) is 5.24. The van der Waals surface area contributed by atoms with Crippen molar-refractivity contribution in [2.24, 2.45) is 11.7 Å². The predicted octanol–water partition coefficient (Wildman–Crippen LogP) is 4.02. The van der Waals surface area contributed by atoms with Gasteiger partial charge in [0.15, 0.2) is 0 Å². The van der Waals surface area contributed by atoms with Crippen molar-refractivity contribution in [3.63, 3.8) is 0 Å². The summed E-state index contributed by atoms with van der Waals surface area (Å²) >= 11 is 5.38. The highest BCUT2D eigenvalue weighted by molar-refractivity contribution is 9.11. The molecule has 0 bridgehead atoms. The molecule has 18 heavy (non-hydrogen) atoms. The first-order valence-electron chi connectivity index (χ1n) is 6.86. The van der Waals surface area contributed by atoms with E-state index in [1.54, 1.807) is 0 Å². The molecule has 2 atom stereocenters. The lowest BCUT2D eigenvalue weighted by Gasteiger charge is -2.33. The second kappa shape index (κ2) is 6.51. The number of rotatable bonds is 7. The van der Waals surface area contributed by atoms with Gasteiger partial charge in [0.2, 0.25) is 0 Å². The quantitative estimate of drug-likeness (QED) is 0.818. The standard InChI is InChI=1S/C14H23BrN2S/c1-3-8-17(9-11-4-5-11)14(10(2)16)12-6-7-13(15)18-12/h6-7,10-11,14H,3-5,8-9,16H2,1-2H3. The van der Waals surface area contributed by atoms with Crippen molar-refractivity contribution in [2.45, 2.75) is 45.2 Å². The Morgan fingerprint density at radius 2 is 2.22 bits per heavy atom. The number of hydrogen-bond donors (Lipinski definition) is 1. The molecule has 1 saturated carbocycles. The number of halogens is 1. The summed E-state index contributed by atoms with van der Waals surface area (Å²) in [5.74, 6) is 0.918. The van der Waals surface area contributed by atoms with Crippen LogP contribution in [0.2, 0.25) is 0 Å². The van der Waals surface area contributed by atoms with Gasteiger partial charge in [-0.2, -0.15) is 0 Å². The molecule has 4 heteroatoms. The van der Waals surface area contributed by atoms with E-state index < -0.39 is 0 Å². The number of hydrogen-bond acceptors (Lipinski definition) is 3. The second-order valence-corrected chi connectivity index (χ2v) is 7.88. The van der Waals surface area contributed by atoms with Gasteiger partial charge in [-0.05, 0) is 66.7 Å². The van der Waals surface area contributed by atoms with Crippen molar-refractivity contribution < 1.29 is 0 Å². The third kappa shape index (κ3) is 3.80. The minimum atomic E-state index is 0.181. The molecule has 2 rings (SSSR count). The average molecular weight is 331 g/mol.